The number of carbonyl (C=O) groups excluding carboxylic acids is 1. The molecule has 0 fully saturated rings. The summed E-state index contributed by atoms with van der Waals surface area (Å²) in [6.45, 7) is 1.23. The highest BCUT2D eigenvalue weighted by Gasteiger charge is 2.24. The summed E-state index contributed by atoms with van der Waals surface area (Å²) in [6.07, 6.45) is 0.730. The van der Waals surface area contributed by atoms with Gasteiger partial charge >= 0.3 is 5.63 Å². The topological polar surface area (TPSA) is 66.7 Å². The van der Waals surface area contributed by atoms with E-state index in [2.05, 4.69) is 4.98 Å². The van der Waals surface area contributed by atoms with Crippen molar-refractivity contribution < 1.29 is 9.21 Å². The molecule has 4 aromatic rings. The average Bonchev–Trinajstić information content (AvgIpc) is 3.12. The highest BCUT2D eigenvalue weighted by atomic mass is 35.5. The predicted molar refractivity (Wildman–Crippen MR) is 129 cm³/mol. The molecule has 2 aromatic heterocycles. The lowest BCUT2D eigenvalue weighted by molar-refractivity contribution is 0.0982. The molecular formula is C22H21Cl2N3O3S. The molecule has 0 aliphatic carbocycles. The molecule has 0 aliphatic rings. The van der Waals surface area contributed by atoms with Crippen molar-refractivity contribution in [3.63, 3.8) is 0 Å². The standard InChI is InChI=1S/C22H20ClN3O3S.ClH/c1-25(2)10-5-11-26(22-24-17-9-8-15(23)13-19(17)30-22)20(27)16-12-14-6-3-4-7-18(14)29-21(16)28;/h3-4,6-9,12-13H,5,10-11H2,1-2H3;1H. The Hall–Kier alpha value is -2.45. The van der Waals surface area contributed by atoms with E-state index in [9.17, 15) is 9.59 Å². The molecule has 0 atom stereocenters. The first kappa shape index (κ1) is 23.2. The number of benzene rings is 2. The van der Waals surface area contributed by atoms with E-state index in [1.54, 1.807) is 29.2 Å². The lowest BCUT2D eigenvalue weighted by Crippen LogP contribution is -2.36. The van der Waals surface area contributed by atoms with E-state index >= 15 is 0 Å². The number of hydrogen-bond donors (Lipinski definition) is 0. The van der Waals surface area contributed by atoms with Gasteiger partial charge in [-0.15, -0.1) is 12.4 Å². The van der Waals surface area contributed by atoms with Gasteiger partial charge < -0.3 is 9.32 Å². The molecule has 2 heterocycles. The monoisotopic (exact) mass is 477 g/mol. The molecule has 0 spiro atoms. The number of anilines is 1. The zero-order valence-electron chi connectivity index (χ0n) is 17.0. The molecule has 2 aromatic carbocycles. The van der Waals surface area contributed by atoms with E-state index in [4.69, 9.17) is 16.0 Å². The van der Waals surface area contributed by atoms with Gasteiger partial charge in [-0.1, -0.05) is 41.1 Å². The molecule has 1 amide bonds. The number of rotatable bonds is 6. The molecule has 0 bridgehead atoms. The zero-order valence-corrected chi connectivity index (χ0v) is 19.4. The minimum absolute atomic E-state index is 0. The smallest absolute Gasteiger partial charge is 0.349 e. The minimum Gasteiger partial charge on any atom is -0.422 e. The van der Waals surface area contributed by atoms with Gasteiger partial charge in [-0.05, 0) is 57.4 Å². The Morgan fingerprint density at radius 3 is 2.68 bits per heavy atom. The molecule has 9 heteroatoms. The van der Waals surface area contributed by atoms with Crippen LogP contribution in [0.3, 0.4) is 0 Å². The van der Waals surface area contributed by atoms with Crippen LogP contribution < -0.4 is 10.5 Å². The second-order valence-electron chi connectivity index (χ2n) is 7.21. The number of carbonyl (C=O) groups is 1. The number of nitrogens with zero attached hydrogens (tertiary/aromatic N) is 3. The van der Waals surface area contributed by atoms with Crippen LogP contribution in [0.5, 0.6) is 0 Å². The van der Waals surface area contributed by atoms with Crippen molar-refractivity contribution in [2.75, 3.05) is 32.1 Å². The van der Waals surface area contributed by atoms with Gasteiger partial charge in [-0.3, -0.25) is 9.69 Å². The number of hydrogen-bond acceptors (Lipinski definition) is 6. The molecule has 162 valence electrons. The maximum absolute atomic E-state index is 13.4. The van der Waals surface area contributed by atoms with E-state index in [-0.39, 0.29) is 18.0 Å². The van der Waals surface area contributed by atoms with E-state index in [1.165, 1.54) is 11.3 Å². The Bertz CT molecular complexity index is 1290. The molecular weight excluding hydrogens is 457 g/mol. The van der Waals surface area contributed by atoms with Crippen molar-refractivity contribution in [1.29, 1.82) is 0 Å². The van der Waals surface area contributed by atoms with Crippen molar-refractivity contribution in [2.45, 2.75) is 6.42 Å². The number of amides is 1. The summed E-state index contributed by atoms with van der Waals surface area (Å²) in [5.74, 6) is -0.418. The molecule has 4 rings (SSSR count). The first-order valence-corrected chi connectivity index (χ1v) is 10.7. The number of para-hydroxylation sites is 1. The molecule has 0 unspecified atom stereocenters. The fourth-order valence-corrected chi connectivity index (χ4v) is 4.45. The molecule has 31 heavy (non-hydrogen) atoms. The van der Waals surface area contributed by atoms with Gasteiger partial charge in [0, 0.05) is 17.0 Å². The molecule has 0 N–H and O–H groups in total. The van der Waals surface area contributed by atoms with Crippen LogP contribution in [0, 0.1) is 0 Å². The van der Waals surface area contributed by atoms with Gasteiger partial charge in [0.1, 0.15) is 11.1 Å². The average molecular weight is 478 g/mol. The van der Waals surface area contributed by atoms with Crippen molar-refractivity contribution in [3.05, 3.63) is 69.5 Å². The van der Waals surface area contributed by atoms with Crippen LogP contribution in [0.4, 0.5) is 5.13 Å². The zero-order chi connectivity index (χ0) is 21.3. The van der Waals surface area contributed by atoms with E-state index in [0.717, 1.165) is 23.2 Å². The summed E-state index contributed by atoms with van der Waals surface area (Å²) in [7, 11) is 3.95. The Labute approximate surface area is 194 Å². The third kappa shape index (κ3) is 5.07. The number of aromatic nitrogens is 1. The van der Waals surface area contributed by atoms with Crippen LogP contribution >= 0.6 is 35.3 Å². The van der Waals surface area contributed by atoms with Crippen LogP contribution in [-0.2, 0) is 0 Å². The van der Waals surface area contributed by atoms with Crippen LogP contribution in [0.25, 0.3) is 21.2 Å². The van der Waals surface area contributed by atoms with Gasteiger partial charge in [-0.25, -0.2) is 9.78 Å². The third-order valence-corrected chi connectivity index (χ3v) is 5.95. The summed E-state index contributed by atoms with van der Waals surface area (Å²) in [5.41, 5.74) is 0.555. The lowest BCUT2D eigenvalue weighted by atomic mass is 10.1. The van der Waals surface area contributed by atoms with Crippen LogP contribution in [0.1, 0.15) is 16.8 Å². The quantitative estimate of drug-likeness (QED) is 0.362. The highest BCUT2D eigenvalue weighted by Crippen LogP contribution is 2.31. The van der Waals surface area contributed by atoms with Gasteiger partial charge in [-0.2, -0.15) is 0 Å². The normalized spacial score (nSPS) is 11.1. The van der Waals surface area contributed by atoms with Crippen LogP contribution in [-0.4, -0.2) is 43.0 Å². The summed E-state index contributed by atoms with van der Waals surface area (Å²) >= 11 is 7.47. The molecule has 0 aliphatic heterocycles. The maximum Gasteiger partial charge on any atom is 0.349 e. The van der Waals surface area contributed by atoms with Crippen molar-refractivity contribution in [1.82, 2.24) is 9.88 Å². The predicted octanol–water partition coefficient (Wildman–Crippen LogP) is 5.08. The molecule has 6 nitrogen and oxygen atoms in total. The summed E-state index contributed by atoms with van der Waals surface area (Å²) in [5, 5.41) is 1.84. The largest absolute Gasteiger partial charge is 0.422 e. The number of halogens is 2. The first-order chi connectivity index (χ1) is 14.4. The molecule has 0 radical (unpaired) electrons. The molecule has 0 saturated carbocycles. The Kier molecular flexibility index (Phi) is 7.33. The fourth-order valence-electron chi connectivity index (χ4n) is 3.19. The highest BCUT2D eigenvalue weighted by molar-refractivity contribution is 7.22. The van der Waals surface area contributed by atoms with Crippen molar-refractivity contribution in [3.8, 4) is 0 Å². The minimum atomic E-state index is -0.652. The van der Waals surface area contributed by atoms with Crippen molar-refractivity contribution in [2.24, 2.45) is 0 Å². The SMILES string of the molecule is CN(C)CCCN(C(=O)c1cc2ccccc2oc1=O)c1nc2ccc(Cl)cc2s1.Cl. The van der Waals surface area contributed by atoms with Gasteiger partial charge in [0.15, 0.2) is 5.13 Å². The number of thiazole rings is 1. The van der Waals surface area contributed by atoms with E-state index in [0.29, 0.717) is 27.7 Å². The van der Waals surface area contributed by atoms with Gasteiger partial charge in [0.2, 0.25) is 0 Å². The summed E-state index contributed by atoms with van der Waals surface area (Å²) < 4.78 is 6.25. The fraction of sp³-hybridized carbons (Fsp3) is 0.227. The van der Waals surface area contributed by atoms with E-state index < -0.39 is 11.5 Å². The second kappa shape index (κ2) is 9.78. The first-order valence-electron chi connectivity index (χ1n) is 9.48. The number of fused-ring (bicyclic) bond motifs is 2. The van der Waals surface area contributed by atoms with Crippen LogP contribution in [0.15, 0.2) is 57.7 Å². The third-order valence-electron chi connectivity index (χ3n) is 4.67. The summed E-state index contributed by atoms with van der Waals surface area (Å²) in [4.78, 5) is 34.2. The Balaban J connectivity index is 0.00000272. The van der Waals surface area contributed by atoms with Crippen LogP contribution in [0.2, 0.25) is 5.02 Å². The van der Waals surface area contributed by atoms with Crippen molar-refractivity contribution >= 4 is 67.6 Å². The summed E-state index contributed by atoms with van der Waals surface area (Å²) in [6, 6.07) is 14.1. The van der Waals surface area contributed by atoms with E-state index in [1.807, 2.05) is 43.3 Å². The molecule has 0 saturated heterocycles. The lowest BCUT2D eigenvalue weighted by Gasteiger charge is -2.20. The second-order valence-corrected chi connectivity index (χ2v) is 8.65. The Morgan fingerprint density at radius 1 is 1.13 bits per heavy atom. The van der Waals surface area contributed by atoms with Gasteiger partial charge in [0.25, 0.3) is 5.91 Å². The van der Waals surface area contributed by atoms with Gasteiger partial charge in [0.05, 0.1) is 10.2 Å². The maximum atomic E-state index is 13.4. The Morgan fingerprint density at radius 2 is 1.90 bits per heavy atom.